The lowest BCUT2D eigenvalue weighted by molar-refractivity contribution is 0.102. The minimum absolute atomic E-state index is 0.0637. The summed E-state index contributed by atoms with van der Waals surface area (Å²) < 4.78 is 0.844. The fraction of sp³-hybridized carbons (Fsp3) is 0.0714. The van der Waals surface area contributed by atoms with Gasteiger partial charge in [-0.05, 0) is 42.8 Å². The van der Waals surface area contributed by atoms with Gasteiger partial charge in [-0.15, -0.1) is 0 Å². The van der Waals surface area contributed by atoms with Gasteiger partial charge >= 0.3 is 0 Å². The van der Waals surface area contributed by atoms with Gasteiger partial charge in [-0.2, -0.15) is 0 Å². The normalized spacial score (nSPS) is 10.2. The van der Waals surface area contributed by atoms with Crippen molar-refractivity contribution in [3.63, 3.8) is 0 Å². The minimum atomic E-state index is -0.248. The highest BCUT2D eigenvalue weighted by atomic mass is 79.9. The molecule has 0 unspecified atom stereocenters. The van der Waals surface area contributed by atoms with Crippen LogP contribution in [0.5, 0.6) is 5.75 Å². The molecule has 0 saturated carbocycles. The number of nitrogens with one attached hydrogen (secondary N) is 1. The molecule has 0 saturated heterocycles. The third-order valence-corrected chi connectivity index (χ3v) is 3.05. The van der Waals surface area contributed by atoms with Crippen LogP contribution in [0, 0.1) is 6.92 Å². The van der Waals surface area contributed by atoms with Crippen molar-refractivity contribution in [3.8, 4) is 5.75 Å². The van der Waals surface area contributed by atoms with Crippen LogP contribution < -0.4 is 11.1 Å². The molecule has 0 radical (unpaired) electrons. The Morgan fingerprint density at radius 1 is 1.26 bits per heavy atom. The lowest BCUT2D eigenvalue weighted by Gasteiger charge is -2.09. The third kappa shape index (κ3) is 3.26. The second-order valence-electron chi connectivity index (χ2n) is 4.24. The number of rotatable bonds is 2. The Hall–Kier alpha value is -2.01. The van der Waals surface area contributed by atoms with E-state index in [2.05, 4.69) is 21.2 Å². The average molecular weight is 321 g/mol. The van der Waals surface area contributed by atoms with Crippen molar-refractivity contribution >= 4 is 33.2 Å². The van der Waals surface area contributed by atoms with Crippen LogP contribution in [-0.2, 0) is 0 Å². The highest BCUT2D eigenvalue weighted by Gasteiger charge is 2.09. The molecule has 0 aliphatic rings. The number of aryl methyl sites for hydroxylation is 1. The number of carbonyl (C=O) groups is 1. The van der Waals surface area contributed by atoms with E-state index in [1.54, 1.807) is 18.2 Å². The van der Waals surface area contributed by atoms with Crippen LogP contribution in [0.15, 0.2) is 40.9 Å². The molecule has 0 spiro atoms. The predicted octanol–water partition coefficient (Wildman–Crippen LogP) is 3.30. The largest absolute Gasteiger partial charge is 0.508 e. The number of nitrogens with two attached hydrogens (primary N) is 1. The standard InChI is InChI=1S/C14H13BrN2O2/c1-8-4-9(6-10(15)5-8)14(19)17-13-3-2-11(18)7-12(13)16/h2-7,18H,16H2,1H3,(H,17,19). The maximum Gasteiger partial charge on any atom is 0.255 e. The second kappa shape index (κ2) is 5.32. The molecule has 0 aliphatic carbocycles. The van der Waals surface area contributed by atoms with Crippen LogP contribution in [0.2, 0.25) is 0 Å². The molecular formula is C14H13BrN2O2. The van der Waals surface area contributed by atoms with Gasteiger partial charge in [0.25, 0.3) is 5.91 Å². The quantitative estimate of drug-likeness (QED) is 0.587. The first-order valence-corrected chi connectivity index (χ1v) is 6.42. The summed E-state index contributed by atoms with van der Waals surface area (Å²) in [6, 6.07) is 9.87. The van der Waals surface area contributed by atoms with E-state index in [-0.39, 0.29) is 11.7 Å². The fourth-order valence-corrected chi connectivity index (χ4v) is 2.33. The van der Waals surface area contributed by atoms with E-state index in [0.29, 0.717) is 16.9 Å². The van der Waals surface area contributed by atoms with Crippen molar-refractivity contribution < 1.29 is 9.90 Å². The van der Waals surface area contributed by atoms with E-state index >= 15 is 0 Å². The van der Waals surface area contributed by atoms with Gasteiger partial charge < -0.3 is 16.2 Å². The van der Waals surface area contributed by atoms with E-state index in [9.17, 15) is 9.90 Å². The number of benzene rings is 2. The van der Waals surface area contributed by atoms with Crippen LogP contribution in [0.4, 0.5) is 11.4 Å². The number of halogens is 1. The van der Waals surface area contributed by atoms with Crippen LogP contribution >= 0.6 is 15.9 Å². The molecule has 98 valence electrons. The molecule has 0 fully saturated rings. The summed E-state index contributed by atoms with van der Waals surface area (Å²) in [6.45, 7) is 1.91. The van der Waals surface area contributed by atoms with Crippen LogP contribution in [0.25, 0.3) is 0 Å². The summed E-state index contributed by atoms with van der Waals surface area (Å²) in [5, 5.41) is 12.0. The first-order valence-electron chi connectivity index (χ1n) is 5.63. The minimum Gasteiger partial charge on any atom is -0.508 e. The van der Waals surface area contributed by atoms with Crippen molar-refractivity contribution in [2.75, 3.05) is 11.1 Å². The molecule has 0 atom stereocenters. The number of anilines is 2. The summed E-state index contributed by atoms with van der Waals surface area (Å²) in [7, 11) is 0. The van der Waals surface area contributed by atoms with Gasteiger partial charge in [0.15, 0.2) is 0 Å². The molecule has 2 aromatic rings. The summed E-state index contributed by atoms with van der Waals surface area (Å²) in [4.78, 5) is 12.1. The molecule has 0 heterocycles. The molecule has 5 heteroatoms. The van der Waals surface area contributed by atoms with Crippen LogP contribution in [0.3, 0.4) is 0 Å². The Morgan fingerprint density at radius 3 is 2.63 bits per heavy atom. The maximum atomic E-state index is 12.1. The highest BCUT2D eigenvalue weighted by Crippen LogP contribution is 2.24. The molecule has 2 aromatic carbocycles. The van der Waals surface area contributed by atoms with Crippen LogP contribution in [-0.4, -0.2) is 11.0 Å². The van der Waals surface area contributed by atoms with Crippen molar-refractivity contribution in [1.82, 2.24) is 0 Å². The molecule has 0 aromatic heterocycles. The van der Waals surface area contributed by atoms with Gasteiger partial charge in [-0.25, -0.2) is 0 Å². The Morgan fingerprint density at radius 2 is 2.00 bits per heavy atom. The van der Waals surface area contributed by atoms with Gasteiger partial charge in [-0.1, -0.05) is 15.9 Å². The summed E-state index contributed by atoms with van der Waals surface area (Å²) in [5.74, 6) is -0.185. The van der Waals surface area contributed by atoms with E-state index in [1.165, 1.54) is 12.1 Å². The van der Waals surface area contributed by atoms with Crippen molar-refractivity contribution in [2.45, 2.75) is 6.92 Å². The zero-order valence-electron chi connectivity index (χ0n) is 10.3. The molecule has 1 amide bonds. The molecule has 2 rings (SSSR count). The number of amides is 1. The Labute approximate surface area is 119 Å². The van der Waals surface area contributed by atoms with Crippen molar-refractivity contribution in [1.29, 1.82) is 0 Å². The second-order valence-corrected chi connectivity index (χ2v) is 5.16. The summed E-state index contributed by atoms with van der Waals surface area (Å²) in [6.07, 6.45) is 0. The number of phenolic OH excluding ortho intramolecular Hbond substituents is 1. The highest BCUT2D eigenvalue weighted by molar-refractivity contribution is 9.10. The molecule has 0 aliphatic heterocycles. The smallest absolute Gasteiger partial charge is 0.255 e. The van der Waals surface area contributed by atoms with E-state index in [4.69, 9.17) is 5.73 Å². The zero-order chi connectivity index (χ0) is 14.0. The number of nitrogen functional groups attached to an aromatic ring is 1. The van der Waals surface area contributed by atoms with Crippen molar-refractivity contribution in [2.24, 2.45) is 0 Å². The molecular weight excluding hydrogens is 308 g/mol. The van der Waals surface area contributed by atoms with Gasteiger partial charge in [0.2, 0.25) is 0 Å². The number of hydrogen-bond donors (Lipinski definition) is 3. The molecule has 0 bridgehead atoms. The lowest BCUT2D eigenvalue weighted by Crippen LogP contribution is -2.13. The molecule has 4 N–H and O–H groups in total. The average Bonchev–Trinajstić information content (AvgIpc) is 2.31. The molecule has 4 nitrogen and oxygen atoms in total. The van der Waals surface area contributed by atoms with Gasteiger partial charge in [0.05, 0.1) is 11.4 Å². The Balaban J connectivity index is 2.25. The topological polar surface area (TPSA) is 75.3 Å². The Bertz CT molecular complexity index is 621. The predicted molar refractivity (Wildman–Crippen MR) is 79.4 cm³/mol. The number of aromatic hydroxyl groups is 1. The fourth-order valence-electron chi connectivity index (χ4n) is 1.73. The monoisotopic (exact) mass is 320 g/mol. The van der Waals surface area contributed by atoms with Gasteiger partial charge in [-0.3, -0.25) is 4.79 Å². The zero-order valence-corrected chi connectivity index (χ0v) is 11.9. The third-order valence-electron chi connectivity index (χ3n) is 2.59. The first kappa shape index (κ1) is 13.4. The van der Waals surface area contributed by atoms with Crippen LogP contribution in [0.1, 0.15) is 15.9 Å². The van der Waals surface area contributed by atoms with Crippen molar-refractivity contribution in [3.05, 3.63) is 52.0 Å². The molecule has 19 heavy (non-hydrogen) atoms. The summed E-state index contributed by atoms with van der Waals surface area (Å²) >= 11 is 3.35. The Kier molecular flexibility index (Phi) is 3.76. The van der Waals surface area contributed by atoms with E-state index in [0.717, 1.165) is 10.0 Å². The number of hydrogen-bond acceptors (Lipinski definition) is 3. The number of carbonyl (C=O) groups excluding carboxylic acids is 1. The number of phenols is 1. The maximum absolute atomic E-state index is 12.1. The SMILES string of the molecule is Cc1cc(Br)cc(C(=O)Nc2ccc(O)cc2N)c1. The first-order chi connectivity index (χ1) is 8.95. The summed E-state index contributed by atoms with van der Waals surface area (Å²) in [5.41, 5.74) is 8.04. The van der Waals surface area contributed by atoms with Gasteiger partial charge in [0, 0.05) is 16.1 Å². The van der Waals surface area contributed by atoms with E-state index in [1.807, 2.05) is 13.0 Å². The lowest BCUT2D eigenvalue weighted by atomic mass is 10.1. The van der Waals surface area contributed by atoms with Gasteiger partial charge in [0.1, 0.15) is 5.75 Å². The van der Waals surface area contributed by atoms with E-state index < -0.39 is 0 Å².